The molecule has 33 heavy (non-hydrogen) atoms. The lowest BCUT2D eigenvalue weighted by Crippen LogP contribution is -2.36. The van der Waals surface area contributed by atoms with Gasteiger partial charge in [0.1, 0.15) is 0 Å². The van der Waals surface area contributed by atoms with Gasteiger partial charge in [-0.15, -0.1) is 0 Å². The molecule has 2 aromatic carbocycles. The van der Waals surface area contributed by atoms with Crippen LogP contribution in [0.5, 0.6) is 0 Å². The monoisotopic (exact) mass is 460 g/mol. The second-order valence-corrected chi connectivity index (χ2v) is 8.40. The highest BCUT2D eigenvalue weighted by molar-refractivity contribution is 6.04. The van der Waals surface area contributed by atoms with Crippen molar-refractivity contribution in [3.63, 3.8) is 0 Å². The van der Waals surface area contributed by atoms with Crippen molar-refractivity contribution in [1.82, 2.24) is 4.90 Å². The number of piperidine rings is 1. The number of alkyl halides is 3. The van der Waals surface area contributed by atoms with Gasteiger partial charge in [-0.05, 0) is 62.4 Å². The smallest absolute Gasteiger partial charge is 0.371 e. The molecule has 2 aliphatic heterocycles. The summed E-state index contributed by atoms with van der Waals surface area (Å²) in [5.74, 6) is -0.0805. The minimum atomic E-state index is -4.59. The van der Waals surface area contributed by atoms with Gasteiger partial charge in [-0.1, -0.05) is 12.1 Å². The van der Waals surface area contributed by atoms with Crippen LogP contribution >= 0.6 is 0 Å². The Morgan fingerprint density at radius 3 is 2.18 bits per heavy atom. The molecule has 9 heteroatoms. The number of benzene rings is 2. The summed E-state index contributed by atoms with van der Waals surface area (Å²) < 4.78 is 39.7. The highest BCUT2D eigenvalue weighted by Gasteiger charge is 2.33. The van der Waals surface area contributed by atoms with Gasteiger partial charge in [-0.3, -0.25) is 4.79 Å². The molecule has 0 saturated carbocycles. The number of hydrogen-bond acceptors (Lipinski definition) is 3. The molecule has 0 atom stereocenters. The summed E-state index contributed by atoms with van der Waals surface area (Å²) in [7, 11) is 0. The van der Waals surface area contributed by atoms with Crippen LogP contribution in [0.1, 0.15) is 48.0 Å². The average molecular weight is 461 g/mol. The van der Waals surface area contributed by atoms with E-state index in [9.17, 15) is 22.8 Å². The van der Waals surface area contributed by atoms with Gasteiger partial charge >= 0.3 is 12.2 Å². The first-order valence-electron chi connectivity index (χ1n) is 11.3. The maximum atomic E-state index is 13.3. The molecule has 0 unspecified atom stereocenters. The Morgan fingerprint density at radius 1 is 0.818 bits per heavy atom. The first kappa shape index (κ1) is 22.9. The fraction of sp³-hybridized carbons (Fsp3) is 0.417. The lowest BCUT2D eigenvalue weighted by Gasteiger charge is -2.29. The Kier molecular flexibility index (Phi) is 6.76. The molecule has 6 nitrogen and oxygen atoms in total. The van der Waals surface area contributed by atoms with Crippen molar-refractivity contribution >= 4 is 29.0 Å². The number of carbonyl (C=O) groups is 2. The number of halogens is 3. The first-order chi connectivity index (χ1) is 15.8. The number of nitrogens with zero attached hydrogens (tertiary/aromatic N) is 2. The molecular formula is C24H27F3N4O2. The van der Waals surface area contributed by atoms with Gasteiger partial charge in [-0.2, -0.15) is 13.2 Å². The Labute approximate surface area is 190 Å². The topological polar surface area (TPSA) is 64.7 Å². The molecule has 4 rings (SSSR count). The van der Waals surface area contributed by atoms with Crippen molar-refractivity contribution in [1.29, 1.82) is 0 Å². The van der Waals surface area contributed by atoms with Crippen LogP contribution in [0.25, 0.3) is 0 Å². The number of amides is 3. The second kappa shape index (κ2) is 9.72. The summed E-state index contributed by atoms with van der Waals surface area (Å²) in [5, 5.41) is 4.85. The number of nitrogens with one attached hydrogen (secondary N) is 2. The molecule has 2 saturated heterocycles. The van der Waals surface area contributed by atoms with E-state index in [4.69, 9.17) is 0 Å². The van der Waals surface area contributed by atoms with Crippen LogP contribution in [0.3, 0.4) is 0 Å². The maximum absolute atomic E-state index is 13.3. The summed E-state index contributed by atoms with van der Waals surface area (Å²) in [5.41, 5.74) is 0.426. The summed E-state index contributed by atoms with van der Waals surface area (Å²) in [6, 6.07) is 9.10. The fourth-order valence-corrected chi connectivity index (χ4v) is 4.41. The van der Waals surface area contributed by atoms with Gasteiger partial charge in [0.15, 0.2) is 0 Å². The number of hydrogen-bond donors (Lipinski definition) is 2. The van der Waals surface area contributed by atoms with E-state index in [1.807, 2.05) is 11.0 Å². The minimum Gasteiger partial charge on any atom is -0.371 e. The lowest BCUT2D eigenvalue weighted by atomic mass is 10.1. The highest BCUT2D eigenvalue weighted by Crippen LogP contribution is 2.35. The zero-order valence-electron chi connectivity index (χ0n) is 18.3. The Bertz CT molecular complexity index is 1010. The molecule has 0 radical (unpaired) electrons. The van der Waals surface area contributed by atoms with Crippen molar-refractivity contribution in [3.05, 3.63) is 53.6 Å². The number of urea groups is 1. The molecule has 2 aromatic rings. The van der Waals surface area contributed by atoms with Crippen LogP contribution in [-0.2, 0) is 6.18 Å². The maximum Gasteiger partial charge on any atom is 0.418 e. The number of para-hydroxylation sites is 1. The minimum absolute atomic E-state index is 0.0805. The fourth-order valence-electron chi connectivity index (χ4n) is 4.41. The molecule has 2 heterocycles. The summed E-state index contributed by atoms with van der Waals surface area (Å²) in [4.78, 5) is 29.8. The van der Waals surface area contributed by atoms with Crippen LogP contribution in [-0.4, -0.2) is 43.0 Å². The van der Waals surface area contributed by atoms with Gasteiger partial charge < -0.3 is 20.4 Å². The van der Waals surface area contributed by atoms with Crippen molar-refractivity contribution in [2.45, 2.75) is 38.3 Å². The highest BCUT2D eigenvalue weighted by atomic mass is 19.4. The molecule has 2 aliphatic rings. The quantitative estimate of drug-likeness (QED) is 0.627. The standard InChI is InChI=1S/C24H27F3N4O2/c25-24(26,27)19-8-2-3-9-20(19)29-23(33)28-17-10-11-21(30-12-6-7-13-30)18(16-17)22(32)31-14-4-1-5-15-31/h2-3,8-11,16H,1,4-7,12-15H2,(H2,28,29,33). The average Bonchev–Trinajstić information content (AvgIpc) is 3.33. The van der Waals surface area contributed by atoms with Crippen molar-refractivity contribution < 1.29 is 22.8 Å². The van der Waals surface area contributed by atoms with Crippen molar-refractivity contribution in [3.8, 4) is 0 Å². The van der Waals surface area contributed by atoms with Crippen LogP contribution in [0, 0.1) is 0 Å². The Hall–Kier alpha value is -3.23. The molecule has 0 bridgehead atoms. The molecular weight excluding hydrogens is 433 g/mol. The zero-order chi connectivity index (χ0) is 23.4. The molecule has 2 N–H and O–H groups in total. The normalized spacial score (nSPS) is 16.6. The molecule has 2 fully saturated rings. The van der Waals surface area contributed by atoms with E-state index in [2.05, 4.69) is 15.5 Å². The number of anilines is 3. The van der Waals surface area contributed by atoms with E-state index >= 15 is 0 Å². The van der Waals surface area contributed by atoms with E-state index in [0.717, 1.165) is 56.9 Å². The van der Waals surface area contributed by atoms with Crippen molar-refractivity contribution in [2.75, 3.05) is 41.7 Å². The lowest BCUT2D eigenvalue weighted by molar-refractivity contribution is -0.136. The van der Waals surface area contributed by atoms with Gasteiger partial charge in [0.05, 0.1) is 16.8 Å². The van der Waals surface area contributed by atoms with E-state index in [1.54, 1.807) is 12.1 Å². The van der Waals surface area contributed by atoms with Gasteiger partial charge in [0.2, 0.25) is 0 Å². The van der Waals surface area contributed by atoms with Gasteiger partial charge in [-0.25, -0.2) is 4.79 Å². The summed E-state index contributed by atoms with van der Waals surface area (Å²) >= 11 is 0. The van der Waals surface area contributed by atoms with Crippen LogP contribution < -0.4 is 15.5 Å². The Balaban J connectivity index is 1.56. The van der Waals surface area contributed by atoms with Crippen molar-refractivity contribution in [2.24, 2.45) is 0 Å². The zero-order valence-corrected chi connectivity index (χ0v) is 18.3. The molecule has 0 spiro atoms. The van der Waals surface area contributed by atoms with E-state index < -0.39 is 17.8 Å². The number of likely N-dealkylation sites (tertiary alicyclic amines) is 1. The SMILES string of the molecule is O=C(Nc1ccc(N2CCCC2)c(C(=O)N2CCCCC2)c1)Nc1ccccc1C(F)(F)F. The predicted molar refractivity (Wildman–Crippen MR) is 122 cm³/mol. The molecule has 3 amide bonds. The third-order valence-corrected chi connectivity index (χ3v) is 6.06. The van der Waals surface area contributed by atoms with Crippen LogP contribution in [0.2, 0.25) is 0 Å². The summed E-state index contributed by atoms with van der Waals surface area (Å²) in [6.45, 7) is 3.12. The number of carbonyl (C=O) groups excluding carboxylic acids is 2. The first-order valence-corrected chi connectivity index (χ1v) is 11.3. The molecule has 0 aliphatic carbocycles. The van der Waals surface area contributed by atoms with Crippen LogP contribution in [0.15, 0.2) is 42.5 Å². The third-order valence-electron chi connectivity index (χ3n) is 6.06. The number of rotatable bonds is 4. The van der Waals surface area contributed by atoms with E-state index in [0.29, 0.717) is 24.3 Å². The van der Waals surface area contributed by atoms with Gasteiger partial charge in [0, 0.05) is 37.6 Å². The second-order valence-electron chi connectivity index (χ2n) is 8.40. The molecule has 0 aromatic heterocycles. The van der Waals surface area contributed by atoms with E-state index in [1.165, 1.54) is 18.2 Å². The van der Waals surface area contributed by atoms with Gasteiger partial charge in [0.25, 0.3) is 5.91 Å². The summed E-state index contributed by atoms with van der Waals surface area (Å²) in [6.07, 6.45) is 0.545. The predicted octanol–water partition coefficient (Wildman–Crippen LogP) is 5.58. The largest absolute Gasteiger partial charge is 0.418 e. The Morgan fingerprint density at radius 2 is 1.48 bits per heavy atom. The van der Waals surface area contributed by atoms with Crippen LogP contribution in [0.4, 0.5) is 35.0 Å². The molecule has 176 valence electrons. The third kappa shape index (κ3) is 5.40. The van der Waals surface area contributed by atoms with E-state index in [-0.39, 0.29) is 11.6 Å².